The minimum atomic E-state index is 0. The lowest BCUT2D eigenvalue weighted by Gasteiger charge is -2.22. The van der Waals surface area contributed by atoms with Gasteiger partial charge in [0.15, 0.2) is 0 Å². The van der Waals surface area contributed by atoms with Gasteiger partial charge in [0.2, 0.25) is 0 Å². The van der Waals surface area contributed by atoms with E-state index in [4.69, 9.17) is 5.84 Å². The van der Waals surface area contributed by atoms with Crippen LogP contribution >= 0.6 is 0 Å². The van der Waals surface area contributed by atoms with Gasteiger partial charge in [-0.05, 0) is 17.0 Å². The molecule has 0 unspecified atom stereocenters. The van der Waals surface area contributed by atoms with E-state index >= 15 is 0 Å². The van der Waals surface area contributed by atoms with Gasteiger partial charge in [-0.15, -0.1) is 0 Å². The smallest absolute Gasteiger partial charge is 0.0522 e. The van der Waals surface area contributed by atoms with E-state index in [-0.39, 0.29) is 16.4 Å². The molecule has 1 aromatic carbocycles. The fraction of sp³-hybridized carbons (Fsp3) is 0.400. The predicted octanol–water partition coefficient (Wildman–Crippen LogP) is 0.620. The average molecular weight is 200 g/mol. The Kier molecular flexibility index (Phi) is 6.14. The Morgan fingerprint density at radius 1 is 1.07 bits per heavy atom. The van der Waals surface area contributed by atoms with Crippen LogP contribution in [0.2, 0.25) is 0 Å². The molecule has 0 fully saturated rings. The number of hydrogen-bond acceptors (Lipinski definition) is 2. The maximum Gasteiger partial charge on any atom is 0.0522 e. The number of anilines is 1. The third-order valence-corrected chi connectivity index (χ3v) is 1.89. The molecule has 0 heterocycles. The van der Waals surface area contributed by atoms with Crippen molar-refractivity contribution in [2.24, 2.45) is 5.84 Å². The van der Waals surface area contributed by atoms with Gasteiger partial charge in [-0.25, -0.2) is 0 Å². The first kappa shape index (κ1) is 15.4. The summed E-state index contributed by atoms with van der Waals surface area (Å²) in [6.45, 7) is 6.51. The zero-order chi connectivity index (χ0) is 9.19. The van der Waals surface area contributed by atoms with Crippen molar-refractivity contribution in [3.05, 3.63) is 29.8 Å². The SMILES string of the molecule is CC(C)(C)c1ccccc1NN.O.O. The average Bonchev–Trinajstić information content (AvgIpc) is 2.03. The Morgan fingerprint density at radius 3 is 1.93 bits per heavy atom. The van der Waals surface area contributed by atoms with Crippen molar-refractivity contribution in [2.45, 2.75) is 26.2 Å². The predicted molar refractivity (Wildman–Crippen MR) is 60.2 cm³/mol. The van der Waals surface area contributed by atoms with Gasteiger partial charge in [-0.1, -0.05) is 39.0 Å². The molecular weight excluding hydrogens is 180 g/mol. The molecule has 4 nitrogen and oxygen atoms in total. The lowest BCUT2D eigenvalue weighted by atomic mass is 9.86. The van der Waals surface area contributed by atoms with Crippen LogP contribution in [0.4, 0.5) is 5.69 Å². The number of benzene rings is 1. The molecule has 1 rings (SSSR count). The summed E-state index contributed by atoms with van der Waals surface area (Å²) < 4.78 is 0. The number of nitrogens with one attached hydrogen (secondary N) is 1. The topological polar surface area (TPSA) is 101 Å². The Morgan fingerprint density at radius 2 is 1.57 bits per heavy atom. The summed E-state index contributed by atoms with van der Waals surface area (Å²) in [6.07, 6.45) is 0. The minimum Gasteiger partial charge on any atom is -0.412 e. The number of nitrogen functional groups attached to an aromatic ring is 1. The molecule has 0 aliphatic heterocycles. The molecule has 0 atom stereocenters. The summed E-state index contributed by atoms with van der Waals surface area (Å²) in [6, 6.07) is 8.08. The molecule has 82 valence electrons. The van der Waals surface area contributed by atoms with E-state index in [0.29, 0.717) is 0 Å². The molecule has 0 saturated heterocycles. The molecule has 0 bridgehead atoms. The molecule has 14 heavy (non-hydrogen) atoms. The molecular formula is C10H20N2O2. The summed E-state index contributed by atoms with van der Waals surface area (Å²) in [5, 5.41) is 0. The van der Waals surface area contributed by atoms with E-state index < -0.39 is 0 Å². The number of para-hydroxylation sites is 1. The zero-order valence-electron chi connectivity index (χ0n) is 8.89. The van der Waals surface area contributed by atoms with Crippen LogP contribution in [0.15, 0.2) is 24.3 Å². The van der Waals surface area contributed by atoms with Crippen molar-refractivity contribution in [1.29, 1.82) is 0 Å². The second-order valence-electron chi connectivity index (χ2n) is 3.94. The normalized spacial score (nSPS) is 9.71. The van der Waals surface area contributed by atoms with Crippen molar-refractivity contribution in [3.63, 3.8) is 0 Å². The van der Waals surface area contributed by atoms with Crippen LogP contribution in [-0.2, 0) is 5.41 Å². The standard InChI is InChI=1S/C10H16N2.2H2O/c1-10(2,3)8-6-4-5-7-9(8)12-11;;/h4-7,12H,11H2,1-3H3;2*1H2. The van der Waals surface area contributed by atoms with Crippen molar-refractivity contribution < 1.29 is 11.0 Å². The monoisotopic (exact) mass is 200 g/mol. The Bertz CT molecular complexity index is 269. The lowest BCUT2D eigenvalue weighted by molar-refractivity contribution is 0.592. The minimum absolute atomic E-state index is 0. The summed E-state index contributed by atoms with van der Waals surface area (Å²) >= 11 is 0. The van der Waals surface area contributed by atoms with Crippen LogP contribution in [0.3, 0.4) is 0 Å². The molecule has 1 aromatic rings. The first-order valence-corrected chi connectivity index (χ1v) is 4.12. The molecule has 7 N–H and O–H groups in total. The van der Waals surface area contributed by atoms with E-state index in [1.165, 1.54) is 5.56 Å². The summed E-state index contributed by atoms with van der Waals surface area (Å²) in [5.41, 5.74) is 5.09. The summed E-state index contributed by atoms with van der Waals surface area (Å²) in [7, 11) is 0. The highest BCUT2D eigenvalue weighted by Crippen LogP contribution is 2.28. The highest BCUT2D eigenvalue weighted by atomic mass is 16.0. The van der Waals surface area contributed by atoms with E-state index in [0.717, 1.165) is 5.69 Å². The summed E-state index contributed by atoms with van der Waals surface area (Å²) in [4.78, 5) is 0. The molecule has 0 radical (unpaired) electrons. The highest BCUT2D eigenvalue weighted by molar-refractivity contribution is 5.52. The van der Waals surface area contributed by atoms with E-state index in [1.54, 1.807) is 0 Å². The molecule has 0 amide bonds. The largest absolute Gasteiger partial charge is 0.412 e. The van der Waals surface area contributed by atoms with Gasteiger partial charge < -0.3 is 16.4 Å². The first-order chi connectivity index (χ1) is 5.55. The lowest BCUT2D eigenvalue weighted by Crippen LogP contribution is -2.17. The molecule has 0 aliphatic rings. The van der Waals surface area contributed by atoms with Crippen LogP contribution in [0.25, 0.3) is 0 Å². The Hall–Kier alpha value is -1.10. The van der Waals surface area contributed by atoms with Crippen LogP contribution in [-0.4, -0.2) is 11.0 Å². The van der Waals surface area contributed by atoms with Gasteiger partial charge in [0.05, 0.1) is 5.69 Å². The fourth-order valence-corrected chi connectivity index (χ4v) is 1.26. The van der Waals surface area contributed by atoms with Gasteiger partial charge in [0.1, 0.15) is 0 Å². The summed E-state index contributed by atoms with van der Waals surface area (Å²) in [5.74, 6) is 5.40. The second kappa shape index (κ2) is 5.59. The first-order valence-electron chi connectivity index (χ1n) is 4.12. The fourth-order valence-electron chi connectivity index (χ4n) is 1.26. The van der Waals surface area contributed by atoms with Gasteiger partial charge in [0, 0.05) is 0 Å². The Labute approximate surface area is 84.7 Å². The van der Waals surface area contributed by atoms with Crippen LogP contribution in [0, 0.1) is 0 Å². The maximum atomic E-state index is 5.40. The van der Waals surface area contributed by atoms with Crippen molar-refractivity contribution in [2.75, 3.05) is 5.43 Å². The Balaban J connectivity index is 0. The number of hydrazine groups is 1. The third kappa shape index (κ3) is 3.33. The quantitative estimate of drug-likeness (QED) is 0.512. The van der Waals surface area contributed by atoms with Gasteiger partial charge in [0.25, 0.3) is 0 Å². The molecule has 0 spiro atoms. The van der Waals surface area contributed by atoms with Crippen LogP contribution < -0.4 is 11.3 Å². The van der Waals surface area contributed by atoms with E-state index in [2.05, 4.69) is 32.3 Å². The molecule has 0 aromatic heterocycles. The van der Waals surface area contributed by atoms with Crippen LogP contribution in [0.5, 0.6) is 0 Å². The van der Waals surface area contributed by atoms with Crippen molar-refractivity contribution in [1.82, 2.24) is 0 Å². The van der Waals surface area contributed by atoms with Gasteiger partial charge >= 0.3 is 0 Å². The number of rotatable bonds is 1. The van der Waals surface area contributed by atoms with Gasteiger partial charge in [-0.2, -0.15) is 0 Å². The van der Waals surface area contributed by atoms with Crippen LogP contribution in [0.1, 0.15) is 26.3 Å². The van der Waals surface area contributed by atoms with E-state index in [1.807, 2.05) is 18.2 Å². The third-order valence-electron chi connectivity index (χ3n) is 1.89. The van der Waals surface area contributed by atoms with E-state index in [9.17, 15) is 0 Å². The molecule has 0 aliphatic carbocycles. The van der Waals surface area contributed by atoms with Gasteiger partial charge in [-0.3, -0.25) is 5.84 Å². The van der Waals surface area contributed by atoms with Crippen molar-refractivity contribution in [3.8, 4) is 0 Å². The molecule has 4 heteroatoms. The van der Waals surface area contributed by atoms with Crippen molar-refractivity contribution >= 4 is 5.69 Å². The zero-order valence-corrected chi connectivity index (χ0v) is 8.89. The second-order valence-corrected chi connectivity index (χ2v) is 3.94. The molecule has 0 saturated carbocycles. The maximum absolute atomic E-state index is 5.40. The number of hydrogen-bond donors (Lipinski definition) is 2. The highest BCUT2D eigenvalue weighted by Gasteiger charge is 2.16. The number of nitrogens with two attached hydrogens (primary N) is 1.